The second kappa shape index (κ2) is 4.57. The molecule has 5 nitrogen and oxygen atoms in total. The van der Waals surface area contributed by atoms with Gasteiger partial charge in [-0.25, -0.2) is 0 Å². The summed E-state index contributed by atoms with van der Waals surface area (Å²) in [5.41, 5.74) is 6.30. The molecule has 1 aliphatic heterocycles. The van der Waals surface area contributed by atoms with E-state index in [0.29, 0.717) is 10.7 Å². The van der Waals surface area contributed by atoms with Gasteiger partial charge in [-0.3, -0.25) is 10.1 Å². The summed E-state index contributed by atoms with van der Waals surface area (Å²) in [6.07, 6.45) is 4.43. The van der Waals surface area contributed by atoms with Crippen molar-refractivity contribution >= 4 is 23.0 Å². The molecule has 1 unspecified atom stereocenters. The smallest absolute Gasteiger partial charge is 0.292 e. The predicted octanol–water partition coefficient (Wildman–Crippen LogP) is 2.34. The number of hydrogen-bond donors (Lipinski definition) is 1. The van der Waals surface area contributed by atoms with E-state index in [2.05, 4.69) is 0 Å². The van der Waals surface area contributed by atoms with Crippen LogP contribution in [0.5, 0.6) is 0 Å². The van der Waals surface area contributed by atoms with Crippen molar-refractivity contribution in [3.05, 3.63) is 57.8 Å². The van der Waals surface area contributed by atoms with E-state index in [1.165, 1.54) is 6.07 Å². The Balaban J connectivity index is 2.45. The van der Waals surface area contributed by atoms with Gasteiger partial charge in [-0.1, -0.05) is 23.7 Å². The van der Waals surface area contributed by atoms with E-state index < -0.39 is 11.1 Å². The van der Waals surface area contributed by atoms with E-state index in [-0.39, 0.29) is 5.69 Å². The van der Waals surface area contributed by atoms with Crippen molar-refractivity contribution in [2.75, 3.05) is 4.90 Å². The fraction of sp³-hybridized carbons (Fsp3) is 0.0909. The maximum absolute atomic E-state index is 10.9. The van der Waals surface area contributed by atoms with E-state index in [1.54, 1.807) is 41.5 Å². The Labute approximate surface area is 103 Å². The van der Waals surface area contributed by atoms with Crippen LogP contribution in [0.2, 0.25) is 0 Å². The molecule has 1 heterocycles. The van der Waals surface area contributed by atoms with E-state index in [1.807, 2.05) is 0 Å². The number of anilines is 1. The zero-order chi connectivity index (χ0) is 12.4. The first kappa shape index (κ1) is 11.6. The van der Waals surface area contributed by atoms with Crippen molar-refractivity contribution in [2.24, 2.45) is 5.73 Å². The fourth-order valence-electron chi connectivity index (χ4n) is 1.62. The van der Waals surface area contributed by atoms with Crippen LogP contribution in [-0.2, 0) is 0 Å². The minimum atomic E-state index is -0.595. The number of rotatable bonds is 2. The van der Waals surface area contributed by atoms with E-state index in [9.17, 15) is 10.1 Å². The van der Waals surface area contributed by atoms with Gasteiger partial charge in [0.15, 0.2) is 0 Å². The Morgan fingerprint density at radius 1 is 1.41 bits per heavy atom. The van der Waals surface area contributed by atoms with E-state index in [0.717, 1.165) is 0 Å². The third-order valence-electron chi connectivity index (χ3n) is 2.44. The normalized spacial score (nSPS) is 19.1. The predicted molar refractivity (Wildman–Crippen MR) is 66.6 cm³/mol. The first-order chi connectivity index (χ1) is 8.11. The average molecular weight is 252 g/mol. The van der Waals surface area contributed by atoms with Crippen molar-refractivity contribution in [1.29, 1.82) is 0 Å². The van der Waals surface area contributed by atoms with Gasteiger partial charge in [-0.2, -0.15) is 0 Å². The molecule has 0 aromatic heterocycles. The zero-order valence-corrected chi connectivity index (χ0v) is 9.54. The molecule has 0 aliphatic carbocycles. The highest BCUT2D eigenvalue weighted by Gasteiger charge is 2.24. The van der Waals surface area contributed by atoms with Crippen LogP contribution in [0.3, 0.4) is 0 Å². The SMILES string of the molecule is NC1C(Cl)=CC=CN1c1ccccc1[N+](=O)[O-]. The molecule has 0 saturated heterocycles. The number of benzene rings is 1. The third-order valence-corrected chi connectivity index (χ3v) is 2.79. The lowest BCUT2D eigenvalue weighted by Crippen LogP contribution is -2.40. The lowest BCUT2D eigenvalue weighted by atomic mass is 10.2. The standard InChI is InChI=1S/C11H10ClN3O2/c12-8-4-3-7-14(11(8)13)9-5-1-2-6-10(9)15(16)17/h1-7,11H,13H2. The number of nitro benzene ring substituents is 1. The highest BCUT2D eigenvalue weighted by Crippen LogP contribution is 2.31. The molecular weight excluding hydrogens is 242 g/mol. The lowest BCUT2D eigenvalue weighted by molar-refractivity contribution is -0.384. The Morgan fingerprint density at radius 3 is 2.82 bits per heavy atom. The molecule has 1 aliphatic rings. The quantitative estimate of drug-likeness (QED) is 0.647. The molecule has 0 radical (unpaired) electrons. The molecule has 1 aromatic rings. The monoisotopic (exact) mass is 251 g/mol. The molecule has 0 saturated carbocycles. The number of nitro groups is 1. The van der Waals surface area contributed by atoms with Gasteiger partial charge >= 0.3 is 0 Å². The van der Waals surface area contributed by atoms with Crippen molar-refractivity contribution in [2.45, 2.75) is 6.17 Å². The average Bonchev–Trinajstić information content (AvgIpc) is 2.33. The summed E-state index contributed by atoms with van der Waals surface area (Å²) in [6, 6.07) is 6.40. The molecule has 2 N–H and O–H groups in total. The van der Waals surface area contributed by atoms with Gasteiger partial charge in [0.2, 0.25) is 0 Å². The molecule has 0 spiro atoms. The molecule has 0 fully saturated rings. The van der Waals surface area contributed by atoms with Crippen LogP contribution < -0.4 is 10.6 Å². The number of nitrogens with two attached hydrogens (primary N) is 1. The summed E-state index contributed by atoms with van der Waals surface area (Å²) in [7, 11) is 0. The Morgan fingerprint density at radius 2 is 2.12 bits per heavy atom. The minimum absolute atomic E-state index is 0.000957. The Kier molecular flexibility index (Phi) is 3.12. The number of hydrogen-bond acceptors (Lipinski definition) is 4. The summed E-state index contributed by atoms with van der Waals surface area (Å²) in [5, 5.41) is 11.4. The van der Waals surface area contributed by atoms with Crippen LogP contribution >= 0.6 is 11.6 Å². The zero-order valence-electron chi connectivity index (χ0n) is 8.79. The van der Waals surface area contributed by atoms with Crippen LogP contribution in [0.15, 0.2) is 47.6 Å². The Hall–Kier alpha value is -1.85. The number of halogens is 1. The van der Waals surface area contributed by atoms with Crippen molar-refractivity contribution in [3.63, 3.8) is 0 Å². The Bertz CT molecular complexity index is 513. The summed E-state index contributed by atoms with van der Waals surface area (Å²) in [5.74, 6) is 0. The van der Waals surface area contributed by atoms with Crippen LogP contribution in [0.4, 0.5) is 11.4 Å². The third kappa shape index (κ3) is 2.15. The molecule has 6 heteroatoms. The van der Waals surface area contributed by atoms with Crippen LogP contribution in [-0.4, -0.2) is 11.1 Å². The van der Waals surface area contributed by atoms with Crippen LogP contribution in [0.25, 0.3) is 0 Å². The van der Waals surface area contributed by atoms with Gasteiger partial charge in [0.05, 0.1) is 9.96 Å². The van der Waals surface area contributed by atoms with Crippen LogP contribution in [0, 0.1) is 10.1 Å². The second-order valence-electron chi connectivity index (χ2n) is 3.49. The molecule has 1 atom stereocenters. The van der Waals surface area contributed by atoms with E-state index >= 15 is 0 Å². The van der Waals surface area contributed by atoms with Gasteiger partial charge in [0, 0.05) is 12.3 Å². The van der Waals surface area contributed by atoms with Gasteiger partial charge in [0.25, 0.3) is 5.69 Å². The number of para-hydroxylation sites is 2. The molecule has 88 valence electrons. The minimum Gasteiger partial charge on any atom is -0.321 e. The molecular formula is C11H10ClN3O2. The summed E-state index contributed by atoms with van der Waals surface area (Å²) < 4.78 is 0. The van der Waals surface area contributed by atoms with Gasteiger partial charge in [-0.15, -0.1) is 0 Å². The van der Waals surface area contributed by atoms with Crippen molar-refractivity contribution < 1.29 is 4.92 Å². The van der Waals surface area contributed by atoms with Crippen molar-refractivity contribution in [3.8, 4) is 0 Å². The highest BCUT2D eigenvalue weighted by molar-refractivity contribution is 6.30. The van der Waals surface area contributed by atoms with Gasteiger partial charge in [0.1, 0.15) is 11.9 Å². The van der Waals surface area contributed by atoms with E-state index in [4.69, 9.17) is 17.3 Å². The summed E-state index contributed by atoms with van der Waals surface area (Å²) >= 11 is 5.92. The van der Waals surface area contributed by atoms with Gasteiger partial charge in [-0.05, 0) is 18.2 Å². The largest absolute Gasteiger partial charge is 0.321 e. The van der Waals surface area contributed by atoms with Gasteiger partial charge < -0.3 is 10.6 Å². The topological polar surface area (TPSA) is 72.4 Å². The number of allylic oxidation sites excluding steroid dienone is 2. The molecule has 1 aromatic carbocycles. The molecule has 17 heavy (non-hydrogen) atoms. The maximum Gasteiger partial charge on any atom is 0.292 e. The summed E-state index contributed by atoms with van der Waals surface area (Å²) in [4.78, 5) is 12.0. The first-order valence-corrected chi connectivity index (χ1v) is 5.30. The second-order valence-corrected chi connectivity index (χ2v) is 3.93. The number of nitrogens with zero attached hydrogens (tertiary/aromatic N) is 2. The highest BCUT2D eigenvalue weighted by atomic mass is 35.5. The fourth-order valence-corrected chi connectivity index (χ4v) is 1.80. The first-order valence-electron chi connectivity index (χ1n) is 4.92. The lowest BCUT2D eigenvalue weighted by Gasteiger charge is -2.28. The molecule has 0 bridgehead atoms. The molecule has 2 rings (SSSR count). The summed E-state index contributed by atoms with van der Waals surface area (Å²) in [6.45, 7) is 0. The van der Waals surface area contributed by atoms with Crippen LogP contribution in [0.1, 0.15) is 0 Å². The van der Waals surface area contributed by atoms with Crippen molar-refractivity contribution in [1.82, 2.24) is 0 Å². The molecule has 0 amide bonds. The maximum atomic E-state index is 10.9.